The molecule has 0 N–H and O–H groups in total. The number of aromatic nitrogens is 4. The third-order valence-electron chi connectivity index (χ3n) is 10.6. The molecule has 0 radical (unpaired) electrons. The van der Waals surface area contributed by atoms with Crippen LogP contribution in [0.3, 0.4) is 0 Å². The van der Waals surface area contributed by atoms with Crippen LogP contribution in [0.1, 0.15) is 109 Å². The van der Waals surface area contributed by atoms with E-state index < -0.39 is 0 Å². The molecular formula is C45H52N4O. The molecule has 1 aliphatic rings. The van der Waals surface area contributed by atoms with Crippen LogP contribution in [-0.4, -0.2) is 19.3 Å². The van der Waals surface area contributed by atoms with Crippen molar-refractivity contribution >= 4 is 21.8 Å². The van der Waals surface area contributed by atoms with Crippen molar-refractivity contribution in [2.45, 2.75) is 99.3 Å². The first-order valence-electron chi connectivity index (χ1n) is 18.4. The first kappa shape index (κ1) is 33.8. The van der Waals surface area contributed by atoms with Gasteiger partial charge in [0.1, 0.15) is 17.3 Å². The predicted octanol–water partition coefficient (Wildman–Crippen LogP) is 12.2. The Labute approximate surface area is 298 Å². The van der Waals surface area contributed by atoms with Gasteiger partial charge in [0.25, 0.3) is 0 Å². The zero-order valence-electron chi connectivity index (χ0n) is 31.5. The van der Waals surface area contributed by atoms with E-state index in [-0.39, 0.29) is 5.41 Å². The number of hydrogen-bond acceptors (Lipinski definition) is 3. The Bertz CT molecular complexity index is 2240. The molecule has 3 aromatic heterocycles. The van der Waals surface area contributed by atoms with Gasteiger partial charge in [-0.2, -0.15) is 5.10 Å². The van der Waals surface area contributed by atoms with Gasteiger partial charge in [0.05, 0.1) is 28.1 Å². The fourth-order valence-corrected chi connectivity index (χ4v) is 8.44. The summed E-state index contributed by atoms with van der Waals surface area (Å²) in [6, 6.07) is 25.9. The van der Waals surface area contributed by atoms with Crippen LogP contribution in [0.25, 0.3) is 33.3 Å². The highest BCUT2D eigenvalue weighted by Gasteiger charge is 2.36. The van der Waals surface area contributed by atoms with Gasteiger partial charge in [-0.15, -0.1) is 0 Å². The molecule has 1 unspecified atom stereocenters. The zero-order valence-corrected chi connectivity index (χ0v) is 31.5. The van der Waals surface area contributed by atoms with Crippen LogP contribution in [0.15, 0.2) is 90.6 Å². The quantitative estimate of drug-likeness (QED) is 0.160. The van der Waals surface area contributed by atoms with E-state index >= 15 is 0 Å². The van der Waals surface area contributed by atoms with Crippen LogP contribution in [0.5, 0.6) is 11.5 Å². The van der Waals surface area contributed by atoms with Crippen molar-refractivity contribution in [1.82, 2.24) is 19.3 Å². The summed E-state index contributed by atoms with van der Waals surface area (Å²) in [7, 11) is 0. The molecule has 0 saturated heterocycles. The third-order valence-corrected chi connectivity index (χ3v) is 10.6. The van der Waals surface area contributed by atoms with Gasteiger partial charge in [-0.3, -0.25) is 4.57 Å². The smallest absolute Gasteiger partial charge is 0.137 e. The van der Waals surface area contributed by atoms with Crippen molar-refractivity contribution < 1.29 is 4.74 Å². The molecule has 3 aromatic carbocycles. The van der Waals surface area contributed by atoms with Crippen LogP contribution in [0.2, 0.25) is 0 Å². The zero-order chi connectivity index (χ0) is 35.5. The Balaban J connectivity index is 1.36. The van der Waals surface area contributed by atoms with Crippen LogP contribution in [0.4, 0.5) is 0 Å². The van der Waals surface area contributed by atoms with Gasteiger partial charge in [0.2, 0.25) is 0 Å². The first-order valence-corrected chi connectivity index (χ1v) is 18.4. The topological polar surface area (TPSA) is 44.9 Å². The maximum atomic E-state index is 6.81. The molecule has 3 atom stereocenters. The molecule has 5 nitrogen and oxygen atoms in total. The summed E-state index contributed by atoms with van der Waals surface area (Å²) in [5, 5.41) is 7.69. The van der Waals surface area contributed by atoms with Crippen molar-refractivity contribution in [1.29, 1.82) is 0 Å². The highest BCUT2D eigenvalue weighted by atomic mass is 16.5. The fourth-order valence-electron chi connectivity index (χ4n) is 8.44. The van der Waals surface area contributed by atoms with Crippen LogP contribution in [-0.2, 0) is 11.8 Å². The van der Waals surface area contributed by atoms with Gasteiger partial charge in [-0.1, -0.05) is 85.2 Å². The number of fused-ring (bicyclic) bond motifs is 3. The van der Waals surface area contributed by atoms with Gasteiger partial charge in [0.15, 0.2) is 0 Å². The maximum absolute atomic E-state index is 6.81. The average Bonchev–Trinajstić information content (AvgIpc) is 3.59. The molecule has 0 amide bonds. The lowest BCUT2D eigenvalue weighted by atomic mass is 9.70. The van der Waals surface area contributed by atoms with Crippen LogP contribution >= 0.6 is 0 Å². The first-order chi connectivity index (χ1) is 23.8. The molecule has 3 heterocycles. The second kappa shape index (κ2) is 12.9. The Morgan fingerprint density at radius 3 is 2.36 bits per heavy atom. The summed E-state index contributed by atoms with van der Waals surface area (Å²) in [4.78, 5) is 4.81. The minimum absolute atomic E-state index is 0.115. The van der Waals surface area contributed by atoms with E-state index in [4.69, 9.17) is 14.8 Å². The van der Waals surface area contributed by atoms with Crippen molar-refractivity contribution in [3.05, 3.63) is 119 Å². The molecule has 5 heteroatoms. The van der Waals surface area contributed by atoms with Gasteiger partial charge in [-0.05, 0) is 98.0 Å². The number of aryl methyl sites for hydroxylation is 2. The standard InChI is InChI=1S/C45H52N4O/c1-11-32-18-19-46-41(22-32)48-39-15-13-12-14-37(39)38-17-16-35(26-40(38)48)50-36-24-33(27(2)3)23-34(25-36)49-44(45(8,9)10)43(31(7)47-49)42-29(5)20-28(4)21-30(42)6/h12-20,22-28,30,42H,11,21H2,1-10H3/t28-,30-,42?/m0/s1. The largest absolute Gasteiger partial charge is 0.457 e. The van der Waals surface area contributed by atoms with E-state index in [2.05, 4.69) is 157 Å². The normalized spacial score (nSPS) is 18.3. The van der Waals surface area contributed by atoms with E-state index in [0.717, 1.165) is 46.2 Å². The number of allylic oxidation sites excluding steroid dienone is 2. The number of ether oxygens (including phenoxy) is 1. The molecule has 0 fully saturated rings. The number of hydrogen-bond donors (Lipinski definition) is 0. The molecule has 7 rings (SSSR count). The number of rotatable bonds is 7. The second-order valence-electron chi connectivity index (χ2n) is 16.0. The summed E-state index contributed by atoms with van der Waals surface area (Å²) >= 11 is 0. The minimum Gasteiger partial charge on any atom is -0.457 e. The summed E-state index contributed by atoms with van der Waals surface area (Å²) in [6.07, 6.45) is 6.54. The van der Waals surface area contributed by atoms with Gasteiger partial charge in [0, 0.05) is 46.0 Å². The SMILES string of the molecule is CCc1ccnc(-n2c3ccccc3c3ccc(Oc4cc(C(C)C)cc(-n5nc(C)c(C6C(C)=C[C@H](C)C[C@@H]6C)c5C(C)(C)C)c4)cc32)c1. The Hall–Kier alpha value is -4.64. The van der Waals surface area contributed by atoms with E-state index in [1.807, 2.05) is 6.20 Å². The lowest BCUT2D eigenvalue weighted by molar-refractivity contribution is 0.385. The van der Waals surface area contributed by atoms with Gasteiger partial charge in [-0.25, -0.2) is 9.67 Å². The van der Waals surface area contributed by atoms with E-state index in [1.54, 1.807) is 0 Å². The Kier molecular flexibility index (Phi) is 8.74. The Morgan fingerprint density at radius 1 is 0.880 bits per heavy atom. The number of pyridine rings is 1. The van der Waals surface area contributed by atoms with Gasteiger partial charge >= 0.3 is 0 Å². The molecule has 0 saturated carbocycles. The minimum atomic E-state index is -0.115. The molecule has 258 valence electrons. The third kappa shape index (κ3) is 6.05. The van der Waals surface area contributed by atoms with Crippen LogP contribution in [0, 0.1) is 18.8 Å². The average molecular weight is 665 g/mol. The second-order valence-corrected chi connectivity index (χ2v) is 16.0. The lowest BCUT2D eigenvalue weighted by Crippen LogP contribution is -2.25. The molecular weight excluding hydrogens is 613 g/mol. The maximum Gasteiger partial charge on any atom is 0.137 e. The highest BCUT2D eigenvalue weighted by molar-refractivity contribution is 6.09. The molecule has 0 bridgehead atoms. The predicted molar refractivity (Wildman–Crippen MR) is 209 cm³/mol. The lowest BCUT2D eigenvalue weighted by Gasteiger charge is -2.34. The van der Waals surface area contributed by atoms with Crippen molar-refractivity contribution in [2.24, 2.45) is 11.8 Å². The van der Waals surface area contributed by atoms with Crippen LogP contribution < -0.4 is 4.74 Å². The molecule has 6 aromatic rings. The van der Waals surface area contributed by atoms with Crippen molar-refractivity contribution in [2.75, 3.05) is 0 Å². The fraction of sp³-hybridized carbons (Fsp3) is 0.378. The molecule has 50 heavy (non-hydrogen) atoms. The summed E-state index contributed by atoms with van der Waals surface area (Å²) in [6.45, 7) is 22.9. The van der Waals surface area contributed by atoms with E-state index in [9.17, 15) is 0 Å². The van der Waals surface area contributed by atoms with E-state index in [1.165, 1.54) is 45.2 Å². The highest BCUT2D eigenvalue weighted by Crippen LogP contribution is 2.46. The Morgan fingerprint density at radius 2 is 1.64 bits per heavy atom. The number of nitrogens with zero attached hydrogens (tertiary/aromatic N) is 4. The van der Waals surface area contributed by atoms with E-state index in [0.29, 0.717) is 23.7 Å². The van der Waals surface area contributed by atoms with Gasteiger partial charge < -0.3 is 4.74 Å². The summed E-state index contributed by atoms with van der Waals surface area (Å²) in [5.41, 5.74) is 10.9. The molecule has 0 aliphatic heterocycles. The number of para-hydroxylation sites is 1. The summed E-state index contributed by atoms with van der Waals surface area (Å²) in [5.74, 6) is 4.36. The summed E-state index contributed by atoms with van der Waals surface area (Å²) < 4.78 is 11.3. The molecule has 1 aliphatic carbocycles. The number of benzene rings is 3. The monoisotopic (exact) mass is 664 g/mol. The van der Waals surface area contributed by atoms with Crippen molar-refractivity contribution in [3.8, 4) is 23.0 Å². The molecule has 0 spiro atoms. The van der Waals surface area contributed by atoms with Crippen molar-refractivity contribution in [3.63, 3.8) is 0 Å².